The summed E-state index contributed by atoms with van der Waals surface area (Å²) in [5.41, 5.74) is 5.40. The first-order valence-corrected chi connectivity index (χ1v) is 8.27. The van der Waals surface area contributed by atoms with Crippen molar-refractivity contribution >= 4 is 17.8 Å². The van der Waals surface area contributed by atoms with Crippen molar-refractivity contribution in [1.29, 1.82) is 0 Å². The number of furan rings is 1. The SMILES string of the molecule is CC(C)(C)c1ccc(OCC(=O)OCC(=O)NNC(=O)c2ccco2)cc1. The van der Waals surface area contributed by atoms with Crippen LogP contribution in [0.2, 0.25) is 0 Å². The molecule has 0 radical (unpaired) electrons. The molecule has 1 heterocycles. The number of esters is 1. The van der Waals surface area contributed by atoms with E-state index in [4.69, 9.17) is 13.9 Å². The number of rotatable bonds is 6. The van der Waals surface area contributed by atoms with Gasteiger partial charge in [-0.25, -0.2) is 4.79 Å². The van der Waals surface area contributed by atoms with Gasteiger partial charge in [-0.05, 0) is 35.2 Å². The molecular weight excluding hydrogens is 352 g/mol. The van der Waals surface area contributed by atoms with Gasteiger partial charge in [-0.1, -0.05) is 32.9 Å². The third-order valence-corrected chi connectivity index (χ3v) is 3.50. The first-order chi connectivity index (χ1) is 12.8. The highest BCUT2D eigenvalue weighted by Gasteiger charge is 2.14. The Morgan fingerprint density at radius 1 is 1.00 bits per heavy atom. The number of hydrogen-bond acceptors (Lipinski definition) is 6. The van der Waals surface area contributed by atoms with Crippen molar-refractivity contribution in [3.8, 4) is 5.75 Å². The van der Waals surface area contributed by atoms with Crippen LogP contribution in [0.3, 0.4) is 0 Å². The molecule has 0 aliphatic heterocycles. The van der Waals surface area contributed by atoms with Crippen molar-refractivity contribution < 1.29 is 28.3 Å². The van der Waals surface area contributed by atoms with Crippen LogP contribution in [0.4, 0.5) is 0 Å². The third kappa shape index (κ3) is 6.50. The van der Waals surface area contributed by atoms with E-state index in [0.29, 0.717) is 5.75 Å². The summed E-state index contributed by atoms with van der Waals surface area (Å²) in [6.45, 7) is 5.41. The zero-order chi connectivity index (χ0) is 19.9. The Morgan fingerprint density at radius 2 is 1.70 bits per heavy atom. The van der Waals surface area contributed by atoms with Gasteiger partial charge in [0.15, 0.2) is 19.0 Å². The van der Waals surface area contributed by atoms with Crippen LogP contribution in [0.15, 0.2) is 47.1 Å². The van der Waals surface area contributed by atoms with Crippen LogP contribution < -0.4 is 15.6 Å². The van der Waals surface area contributed by atoms with Crippen molar-refractivity contribution in [2.45, 2.75) is 26.2 Å². The molecule has 0 bridgehead atoms. The lowest BCUT2D eigenvalue weighted by atomic mass is 9.87. The van der Waals surface area contributed by atoms with Crippen LogP contribution in [0, 0.1) is 0 Å². The van der Waals surface area contributed by atoms with Gasteiger partial charge in [0.2, 0.25) is 0 Å². The predicted molar refractivity (Wildman–Crippen MR) is 95.9 cm³/mol. The fourth-order valence-electron chi connectivity index (χ4n) is 2.01. The van der Waals surface area contributed by atoms with Gasteiger partial charge < -0.3 is 13.9 Å². The summed E-state index contributed by atoms with van der Waals surface area (Å²) in [7, 11) is 0. The molecule has 1 aromatic carbocycles. The maximum Gasteiger partial charge on any atom is 0.344 e. The van der Waals surface area contributed by atoms with Gasteiger partial charge in [-0.2, -0.15) is 0 Å². The van der Waals surface area contributed by atoms with Crippen molar-refractivity contribution in [2.75, 3.05) is 13.2 Å². The molecule has 0 spiro atoms. The number of amides is 2. The van der Waals surface area contributed by atoms with Crippen LogP contribution in [-0.4, -0.2) is 31.0 Å². The van der Waals surface area contributed by atoms with Crippen molar-refractivity contribution in [1.82, 2.24) is 10.9 Å². The number of carbonyl (C=O) groups is 3. The Morgan fingerprint density at radius 3 is 2.30 bits per heavy atom. The molecule has 0 saturated heterocycles. The molecule has 1 aromatic heterocycles. The summed E-state index contributed by atoms with van der Waals surface area (Å²) in [5, 5.41) is 0. The number of hydrazine groups is 1. The van der Waals surface area contributed by atoms with Gasteiger partial charge in [0.1, 0.15) is 5.75 Å². The van der Waals surface area contributed by atoms with Crippen molar-refractivity contribution in [3.05, 3.63) is 54.0 Å². The second-order valence-corrected chi connectivity index (χ2v) is 6.70. The fraction of sp³-hybridized carbons (Fsp3) is 0.316. The Labute approximate surface area is 156 Å². The Bertz CT molecular complexity index is 776. The van der Waals surface area contributed by atoms with Crippen molar-refractivity contribution in [2.24, 2.45) is 0 Å². The highest BCUT2D eigenvalue weighted by Crippen LogP contribution is 2.24. The van der Waals surface area contributed by atoms with E-state index < -0.39 is 24.4 Å². The minimum Gasteiger partial charge on any atom is -0.482 e. The highest BCUT2D eigenvalue weighted by molar-refractivity contribution is 5.93. The molecule has 0 fully saturated rings. The van der Waals surface area contributed by atoms with Gasteiger partial charge in [0.05, 0.1) is 6.26 Å². The fourth-order valence-corrected chi connectivity index (χ4v) is 2.01. The minimum absolute atomic E-state index is 0.0250. The zero-order valence-corrected chi connectivity index (χ0v) is 15.4. The van der Waals surface area contributed by atoms with E-state index in [-0.39, 0.29) is 17.8 Å². The van der Waals surface area contributed by atoms with Gasteiger partial charge in [-0.3, -0.25) is 20.4 Å². The third-order valence-electron chi connectivity index (χ3n) is 3.50. The molecule has 0 unspecified atom stereocenters. The van der Waals surface area contributed by atoms with Crippen LogP contribution in [0.1, 0.15) is 36.9 Å². The summed E-state index contributed by atoms with van der Waals surface area (Å²) in [6.07, 6.45) is 1.33. The van der Waals surface area contributed by atoms with E-state index in [1.807, 2.05) is 12.1 Å². The van der Waals surface area contributed by atoms with Gasteiger partial charge in [0.25, 0.3) is 5.91 Å². The molecule has 8 heteroatoms. The van der Waals surface area contributed by atoms with Crippen LogP contribution in [-0.2, 0) is 19.7 Å². The molecule has 2 N–H and O–H groups in total. The van der Waals surface area contributed by atoms with Crippen LogP contribution in [0.5, 0.6) is 5.75 Å². The maximum absolute atomic E-state index is 11.6. The molecule has 2 aromatic rings. The van der Waals surface area contributed by atoms with Gasteiger partial charge >= 0.3 is 11.9 Å². The topological polar surface area (TPSA) is 107 Å². The van der Waals surface area contributed by atoms with E-state index >= 15 is 0 Å². The summed E-state index contributed by atoms with van der Waals surface area (Å²) < 4.78 is 15.0. The average molecular weight is 374 g/mol. The smallest absolute Gasteiger partial charge is 0.344 e. The molecule has 27 heavy (non-hydrogen) atoms. The molecule has 0 aliphatic carbocycles. The Balaban J connectivity index is 1.67. The quantitative estimate of drug-likeness (QED) is 0.591. The molecule has 0 aliphatic rings. The summed E-state index contributed by atoms with van der Waals surface area (Å²) in [4.78, 5) is 34.7. The summed E-state index contributed by atoms with van der Waals surface area (Å²) >= 11 is 0. The average Bonchev–Trinajstić information content (AvgIpc) is 3.17. The first-order valence-electron chi connectivity index (χ1n) is 8.27. The number of ether oxygens (including phenoxy) is 2. The molecule has 0 atom stereocenters. The van der Waals surface area contributed by atoms with E-state index in [1.54, 1.807) is 12.1 Å². The first kappa shape index (κ1) is 20.0. The summed E-state index contributed by atoms with van der Waals surface area (Å²) in [5.74, 6) is -1.46. The normalized spacial score (nSPS) is 10.8. The standard InChI is InChI=1S/C19H22N2O6/c1-19(2,3)13-6-8-14(9-7-13)26-12-17(23)27-11-16(22)20-21-18(24)15-5-4-10-25-15/h4-10H,11-12H2,1-3H3,(H,20,22)(H,21,24). The lowest BCUT2D eigenvalue weighted by Gasteiger charge is -2.19. The Kier molecular flexibility index (Phi) is 6.59. The maximum atomic E-state index is 11.6. The molecule has 2 rings (SSSR count). The largest absolute Gasteiger partial charge is 0.482 e. The number of hydrogen-bond donors (Lipinski definition) is 2. The predicted octanol–water partition coefficient (Wildman–Crippen LogP) is 1.96. The summed E-state index contributed by atoms with van der Waals surface area (Å²) in [6, 6.07) is 10.4. The number of nitrogens with one attached hydrogen (secondary N) is 2. The van der Waals surface area contributed by atoms with Crippen LogP contribution >= 0.6 is 0 Å². The molecule has 0 saturated carbocycles. The lowest BCUT2D eigenvalue weighted by Crippen LogP contribution is -2.43. The van der Waals surface area contributed by atoms with E-state index in [0.717, 1.165) is 5.56 Å². The molecule has 2 amide bonds. The monoisotopic (exact) mass is 374 g/mol. The molecular formula is C19H22N2O6. The highest BCUT2D eigenvalue weighted by atomic mass is 16.6. The van der Waals surface area contributed by atoms with Crippen LogP contribution in [0.25, 0.3) is 0 Å². The zero-order valence-electron chi connectivity index (χ0n) is 15.4. The molecule has 8 nitrogen and oxygen atoms in total. The van der Waals surface area contributed by atoms with Crippen molar-refractivity contribution in [3.63, 3.8) is 0 Å². The second kappa shape index (κ2) is 8.88. The molecule has 144 valence electrons. The number of carbonyl (C=O) groups excluding carboxylic acids is 3. The lowest BCUT2D eigenvalue weighted by molar-refractivity contribution is -0.150. The Hall–Kier alpha value is -3.29. The van der Waals surface area contributed by atoms with Gasteiger partial charge in [-0.15, -0.1) is 0 Å². The minimum atomic E-state index is -0.706. The second-order valence-electron chi connectivity index (χ2n) is 6.70. The van der Waals surface area contributed by atoms with Gasteiger partial charge in [0, 0.05) is 0 Å². The van der Waals surface area contributed by atoms with E-state index in [1.165, 1.54) is 18.4 Å². The van der Waals surface area contributed by atoms with E-state index in [9.17, 15) is 14.4 Å². The number of benzene rings is 1. The van der Waals surface area contributed by atoms with E-state index in [2.05, 4.69) is 31.6 Å².